The predicted octanol–water partition coefficient (Wildman–Crippen LogP) is 5.73. The van der Waals surface area contributed by atoms with E-state index in [4.69, 9.17) is 56.8 Å². The highest BCUT2D eigenvalue weighted by molar-refractivity contribution is 6.50. The summed E-state index contributed by atoms with van der Waals surface area (Å²) in [7, 11) is 11.9. The number of ether oxygens (including phenoxy) is 12. The first kappa shape index (κ1) is 35.6. The van der Waals surface area contributed by atoms with E-state index in [1.165, 1.54) is 53.7 Å². The first-order valence-electron chi connectivity index (χ1n) is 15.9. The summed E-state index contributed by atoms with van der Waals surface area (Å²) in [4.78, 5) is 28.0. The Hall–Kier alpha value is -6.18. The highest BCUT2D eigenvalue weighted by Gasteiger charge is 2.36. The molecule has 6 rings (SSSR count). The van der Waals surface area contributed by atoms with Gasteiger partial charge in [-0.2, -0.15) is 0 Å². The maximum absolute atomic E-state index is 14.1. The molecule has 2 aliphatic heterocycles. The van der Waals surface area contributed by atoms with Crippen LogP contribution in [0, 0.1) is 0 Å². The summed E-state index contributed by atoms with van der Waals surface area (Å²) >= 11 is 0. The van der Waals surface area contributed by atoms with Crippen LogP contribution < -0.4 is 56.8 Å². The van der Waals surface area contributed by atoms with Gasteiger partial charge < -0.3 is 56.8 Å². The molecule has 14 heteroatoms. The summed E-state index contributed by atoms with van der Waals surface area (Å²) in [5.74, 6) is 2.21. The van der Waals surface area contributed by atoms with Gasteiger partial charge in [0, 0.05) is 16.7 Å². The van der Waals surface area contributed by atoms with E-state index in [2.05, 4.69) is 0 Å². The lowest BCUT2D eigenvalue weighted by atomic mass is 9.92. The summed E-state index contributed by atoms with van der Waals surface area (Å²) in [5.41, 5.74) is 2.53. The molecule has 14 nitrogen and oxygen atoms in total. The van der Waals surface area contributed by atoms with Crippen molar-refractivity contribution in [2.24, 2.45) is 0 Å². The van der Waals surface area contributed by atoms with Crippen molar-refractivity contribution >= 4 is 11.6 Å². The largest absolute Gasteiger partial charge is 0.493 e. The number of Topliss-reactive ketones (excluding diaryl/α,β-unsaturated/α-hetero) is 2. The molecule has 0 N–H and O–H groups in total. The van der Waals surface area contributed by atoms with Crippen molar-refractivity contribution in [3.8, 4) is 80.1 Å². The molecular weight excluding hydrogens is 680 g/mol. The molecule has 0 radical (unpaired) electrons. The zero-order chi connectivity index (χ0) is 37.1. The van der Waals surface area contributed by atoms with Gasteiger partial charge in [0.05, 0.1) is 62.4 Å². The monoisotopic (exact) mass is 718 g/mol. The fraction of sp³-hybridized carbons (Fsp3) is 0.316. The van der Waals surface area contributed by atoms with E-state index in [0.29, 0.717) is 58.5 Å². The number of carbonyl (C=O) groups excluding carboxylic acids is 2. The van der Waals surface area contributed by atoms with Crippen LogP contribution in [0.4, 0.5) is 0 Å². The van der Waals surface area contributed by atoms with Gasteiger partial charge in [-0.1, -0.05) is 0 Å². The molecule has 0 fully saturated rings. The van der Waals surface area contributed by atoms with E-state index in [-0.39, 0.29) is 59.2 Å². The van der Waals surface area contributed by atoms with Crippen LogP contribution in [0.3, 0.4) is 0 Å². The number of ketones is 2. The van der Waals surface area contributed by atoms with Gasteiger partial charge in [-0.05, 0) is 60.4 Å². The number of methoxy groups -OCH3 is 8. The van der Waals surface area contributed by atoms with Crippen LogP contribution in [-0.2, 0) is 12.8 Å². The minimum atomic E-state index is -0.873. The van der Waals surface area contributed by atoms with Crippen molar-refractivity contribution in [2.75, 3.05) is 70.5 Å². The summed E-state index contributed by atoms with van der Waals surface area (Å²) in [6.45, 7) is -0.232. The van der Waals surface area contributed by atoms with E-state index >= 15 is 0 Å². The first-order chi connectivity index (χ1) is 25.3. The maximum Gasteiger partial charge on any atom is 0.237 e. The summed E-state index contributed by atoms with van der Waals surface area (Å²) in [6.07, 6.45) is 1.03. The van der Waals surface area contributed by atoms with Gasteiger partial charge >= 0.3 is 0 Å². The van der Waals surface area contributed by atoms with E-state index in [0.717, 1.165) is 11.1 Å². The minimum absolute atomic E-state index is 0.0132. The predicted molar refractivity (Wildman–Crippen MR) is 185 cm³/mol. The Morgan fingerprint density at radius 3 is 1.42 bits per heavy atom. The number of rotatable bonds is 15. The molecule has 2 aliphatic rings. The molecule has 0 aliphatic carbocycles. The molecule has 0 bridgehead atoms. The molecular formula is C38H38O14. The van der Waals surface area contributed by atoms with Gasteiger partial charge in [0.1, 0.15) is 0 Å². The molecule has 0 unspecified atom stereocenters. The standard InChI is InChI=1S/C38H38O14/c1-41-25-11-19(12-26(42-2)35(25)47-7)9-10-20-13-22(32(45-5)37-31(20)49-17-51-37)23-16-24(34-38(33(23)46-6)52-18-50-34)30(40)29(39)21-14-27(43-3)36(48-8)28(15-21)44-4/h11-16H,9-10,17-18H2,1-8H3. The molecule has 4 aromatic carbocycles. The Morgan fingerprint density at radius 2 is 0.923 bits per heavy atom. The Labute approximate surface area is 299 Å². The van der Waals surface area contributed by atoms with Crippen molar-refractivity contribution in [1.82, 2.24) is 0 Å². The lowest BCUT2D eigenvalue weighted by Crippen LogP contribution is -2.16. The highest BCUT2D eigenvalue weighted by Crippen LogP contribution is 2.55. The van der Waals surface area contributed by atoms with Crippen molar-refractivity contribution in [1.29, 1.82) is 0 Å². The van der Waals surface area contributed by atoms with Gasteiger partial charge in [-0.25, -0.2) is 0 Å². The van der Waals surface area contributed by atoms with Crippen molar-refractivity contribution < 1.29 is 66.4 Å². The average Bonchev–Trinajstić information content (AvgIpc) is 3.88. The number of hydrogen-bond donors (Lipinski definition) is 0. The Kier molecular flexibility index (Phi) is 10.3. The number of aryl methyl sites for hydroxylation is 2. The smallest absolute Gasteiger partial charge is 0.237 e. The third-order valence-electron chi connectivity index (χ3n) is 8.75. The lowest BCUT2D eigenvalue weighted by Gasteiger charge is -2.19. The number of hydrogen-bond acceptors (Lipinski definition) is 14. The van der Waals surface area contributed by atoms with E-state index in [1.807, 2.05) is 18.2 Å². The average molecular weight is 719 g/mol. The van der Waals surface area contributed by atoms with Crippen LogP contribution >= 0.6 is 0 Å². The zero-order valence-electron chi connectivity index (χ0n) is 30.0. The normalized spacial score (nSPS) is 12.2. The SMILES string of the molecule is COc1cc(CCc2cc(-c3cc(C(=O)C(=O)c4cc(OC)c(OC)c(OC)c4)c4c(c3OC)OCO4)c(OC)c3c2OCO3)cc(OC)c1OC. The van der Waals surface area contributed by atoms with E-state index in [9.17, 15) is 9.59 Å². The third kappa shape index (κ3) is 6.09. The molecule has 0 aromatic heterocycles. The van der Waals surface area contributed by atoms with Gasteiger partial charge in [-0.3, -0.25) is 9.59 Å². The molecule has 4 aromatic rings. The fourth-order valence-corrected chi connectivity index (χ4v) is 6.34. The van der Waals surface area contributed by atoms with Crippen molar-refractivity contribution in [2.45, 2.75) is 12.8 Å². The molecule has 0 atom stereocenters. The Bertz CT molecular complexity index is 1990. The molecule has 274 valence electrons. The van der Waals surface area contributed by atoms with Crippen LogP contribution in [0.25, 0.3) is 11.1 Å². The van der Waals surface area contributed by atoms with Crippen LogP contribution in [0.5, 0.6) is 69.0 Å². The topological polar surface area (TPSA) is 145 Å². The number of benzene rings is 4. The Morgan fingerprint density at radius 1 is 0.481 bits per heavy atom. The number of carbonyl (C=O) groups is 2. The lowest BCUT2D eigenvalue weighted by molar-refractivity contribution is 0.0813. The van der Waals surface area contributed by atoms with Gasteiger partial charge in [-0.15, -0.1) is 0 Å². The Balaban J connectivity index is 1.46. The molecule has 0 amide bonds. The third-order valence-corrected chi connectivity index (χ3v) is 8.75. The molecule has 2 heterocycles. The quantitative estimate of drug-likeness (QED) is 0.109. The molecule has 52 heavy (non-hydrogen) atoms. The van der Waals surface area contributed by atoms with Crippen LogP contribution in [0.1, 0.15) is 31.8 Å². The van der Waals surface area contributed by atoms with Crippen molar-refractivity contribution in [3.05, 3.63) is 58.7 Å². The van der Waals surface area contributed by atoms with E-state index in [1.54, 1.807) is 21.3 Å². The minimum Gasteiger partial charge on any atom is -0.493 e. The summed E-state index contributed by atoms with van der Waals surface area (Å²) in [6, 6.07) is 9.98. The van der Waals surface area contributed by atoms with Gasteiger partial charge in [0.15, 0.2) is 46.0 Å². The van der Waals surface area contributed by atoms with E-state index < -0.39 is 11.6 Å². The fourth-order valence-electron chi connectivity index (χ4n) is 6.34. The zero-order valence-corrected chi connectivity index (χ0v) is 30.0. The summed E-state index contributed by atoms with van der Waals surface area (Å²) in [5, 5.41) is 0. The molecule has 0 saturated carbocycles. The summed E-state index contributed by atoms with van der Waals surface area (Å²) < 4.78 is 67.9. The highest BCUT2D eigenvalue weighted by atomic mass is 16.7. The van der Waals surface area contributed by atoms with Crippen LogP contribution in [0.2, 0.25) is 0 Å². The van der Waals surface area contributed by atoms with Crippen LogP contribution in [0.15, 0.2) is 36.4 Å². The second-order valence-electron chi connectivity index (χ2n) is 11.4. The number of fused-ring (bicyclic) bond motifs is 2. The second kappa shape index (κ2) is 15.0. The molecule has 0 spiro atoms. The maximum atomic E-state index is 14.1. The molecule has 0 saturated heterocycles. The second-order valence-corrected chi connectivity index (χ2v) is 11.4. The van der Waals surface area contributed by atoms with Gasteiger partial charge in [0.2, 0.25) is 48.2 Å². The van der Waals surface area contributed by atoms with Gasteiger partial charge in [0.25, 0.3) is 0 Å². The van der Waals surface area contributed by atoms with Crippen molar-refractivity contribution in [3.63, 3.8) is 0 Å². The van der Waals surface area contributed by atoms with Crippen LogP contribution in [-0.4, -0.2) is 82.0 Å². The first-order valence-corrected chi connectivity index (χ1v) is 15.9.